The van der Waals surface area contributed by atoms with E-state index in [2.05, 4.69) is 16.0 Å². The van der Waals surface area contributed by atoms with E-state index in [0.717, 1.165) is 21.7 Å². The maximum atomic E-state index is 13.2. The first-order chi connectivity index (χ1) is 18.5. The van der Waals surface area contributed by atoms with E-state index in [0.29, 0.717) is 11.3 Å². The summed E-state index contributed by atoms with van der Waals surface area (Å²) in [5.41, 5.74) is 3.70. The van der Waals surface area contributed by atoms with Gasteiger partial charge >= 0.3 is 0 Å². The second kappa shape index (κ2) is 13.1. The largest absolute Gasteiger partial charge is 0.325 e. The van der Waals surface area contributed by atoms with Gasteiger partial charge in [-0.3, -0.25) is 14.4 Å². The molecule has 0 spiro atoms. The number of benzene rings is 4. The van der Waals surface area contributed by atoms with Gasteiger partial charge in [-0.25, -0.2) is 0 Å². The Bertz CT molecular complexity index is 1450. The van der Waals surface area contributed by atoms with Crippen molar-refractivity contribution in [3.8, 4) is 0 Å². The molecule has 0 radical (unpaired) electrons. The molecule has 0 heterocycles. The summed E-state index contributed by atoms with van der Waals surface area (Å²) in [6, 6.07) is 32.9. The average Bonchev–Trinajstić information content (AvgIpc) is 2.93. The van der Waals surface area contributed by atoms with Gasteiger partial charge in [-0.15, -0.1) is 11.8 Å². The van der Waals surface area contributed by atoms with Crippen molar-refractivity contribution in [3.63, 3.8) is 0 Å². The summed E-state index contributed by atoms with van der Waals surface area (Å²) in [7, 11) is 0. The zero-order valence-corrected chi connectivity index (χ0v) is 21.6. The molecule has 7 heteroatoms. The van der Waals surface area contributed by atoms with Gasteiger partial charge in [-0.05, 0) is 66.6 Å². The van der Waals surface area contributed by atoms with Crippen molar-refractivity contribution in [2.75, 3.05) is 16.4 Å². The molecule has 4 aromatic carbocycles. The summed E-state index contributed by atoms with van der Waals surface area (Å²) < 4.78 is 0. The highest BCUT2D eigenvalue weighted by Gasteiger charge is 2.15. The van der Waals surface area contributed by atoms with Crippen LogP contribution in [0, 0.1) is 6.92 Å². The molecule has 0 aliphatic heterocycles. The van der Waals surface area contributed by atoms with Crippen molar-refractivity contribution >= 4 is 46.9 Å². The fourth-order valence-corrected chi connectivity index (χ4v) is 4.34. The average molecular weight is 522 g/mol. The number of aryl methyl sites for hydroxylation is 1. The van der Waals surface area contributed by atoms with Crippen molar-refractivity contribution in [3.05, 3.63) is 132 Å². The number of carbonyl (C=O) groups is 3. The molecule has 38 heavy (non-hydrogen) atoms. The van der Waals surface area contributed by atoms with E-state index in [1.54, 1.807) is 48.5 Å². The third kappa shape index (κ3) is 7.94. The van der Waals surface area contributed by atoms with Crippen LogP contribution in [-0.4, -0.2) is 23.5 Å². The molecular weight excluding hydrogens is 494 g/mol. The summed E-state index contributed by atoms with van der Waals surface area (Å²) in [5, 5.41) is 8.49. The standard InChI is InChI=1S/C31H27N3O3S/c1-22-10-8-15-25(18-22)32-29(35)21-38-27-17-9-16-26(20-27)33-31(37)28(19-23-11-4-2-5-12-23)34-30(36)24-13-6-3-7-14-24/h2-20H,21H2,1H3,(H,32,35)(H,33,37)(H,34,36)/b28-19-. The summed E-state index contributed by atoms with van der Waals surface area (Å²) >= 11 is 1.36. The molecule has 6 nitrogen and oxygen atoms in total. The number of carbonyl (C=O) groups excluding carboxylic acids is 3. The molecule has 0 bridgehead atoms. The number of nitrogens with one attached hydrogen (secondary N) is 3. The van der Waals surface area contributed by atoms with Crippen LogP contribution in [0.2, 0.25) is 0 Å². The van der Waals surface area contributed by atoms with Gasteiger partial charge in [0.25, 0.3) is 11.8 Å². The number of hydrogen-bond donors (Lipinski definition) is 3. The number of anilines is 2. The van der Waals surface area contributed by atoms with E-state index in [1.807, 2.05) is 73.7 Å². The lowest BCUT2D eigenvalue weighted by molar-refractivity contribution is -0.114. The number of hydrogen-bond acceptors (Lipinski definition) is 4. The molecule has 3 N–H and O–H groups in total. The van der Waals surface area contributed by atoms with Crippen LogP contribution in [-0.2, 0) is 9.59 Å². The van der Waals surface area contributed by atoms with Crippen molar-refractivity contribution in [2.45, 2.75) is 11.8 Å². The van der Waals surface area contributed by atoms with Crippen LogP contribution in [0.25, 0.3) is 6.08 Å². The molecular formula is C31H27N3O3S. The van der Waals surface area contributed by atoms with Crippen LogP contribution >= 0.6 is 11.8 Å². The van der Waals surface area contributed by atoms with Gasteiger partial charge in [0.1, 0.15) is 5.70 Å². The Labute approximate surface area is 226 Å². The predicted octanol–water partition coefficient (Wildman–Crippen LogP) is 6.14. The second-order valence-electron chi connectivity index (χ2n) is 8.48. The Balaban J connectivity index is 1.43. The first-order valence-electron chi connectivity index (χ1n) is 12.0. The molecule has 0 fully saturated rings. The zero-order chi connectivity index (χ0) is 26.7. The van der Waals surface area contributed by atoms with Crippen molar-refractivity contribution in [2.24, 2.45) is 0 Å². The minimum atomic E-state index is -0.461. The minimum Gasteiger partial charge on any atom is -0.325 e. The fraction of sp³-hybridized carbons (Fsp3) is 0.0645. The maximum Gasteiger partial charge on any atom is 0.272 e. The lowest BCUT2D eigenvalue weighted by Gasteiger charge is -2.12. The highest BCUT2D eigenvalue weighted by molar-refractivity contribution is 8.00. The zero-order valence-electron chi connectivity index (χ0n) is 20.8. The smallest absolute Gasteiger partial charge is 0.272 e. The number of amides is 3. The first-order valence-corrected chi connectivity index (χ1v) is 13.0. The highest BCUT2D eigenvalue weighted by Crippen LogP contribution is 2.23. The van der Waals surface area contributed by atoms with Crippen molar-refractivity contribution in [1.29, 1.82) is 0 Å². The van der Waals surface area contributed by atoms with Gasteiger partial charge in [-0.1, -0.05) is 66.7 Å². The summed E-state index contributed by atoms with van der Waals surface area (Å²) in [6.07, 6.45) is 1.63. The molecule has 0 unspecified atom stereocenters. The SMILES string of the molecule is Cc1cccc(NC(=O)CSc2cccc(NC(=O)/C(=C/c3ccccc3)NC(=O)c3ccccc3)c2)c1. The van der Waals surface area contributed by atoms with Gasteiger partial charge in [-0.2, -0.15) is 0 Å². The van der Waals surface area contributed by atoms with Gasteiger partial charge in [0, 0.05) is 21.8 Å². The van der Waals surface area contributed by atoms with Crippen molar-refractivity contribution < 1.29 is 14.4 Å². The van der Waals surface area contributed by atoms with Gasteiger partial charge < -0.3 is 16.0 Å². The van der Waals surface area contributed by atoms with Crippen LogP contribution in [0.3, 0.4) is 0 Å². The van der Waals surface area contributed by atoms with Crippen LogP contribution < -0.4 is 16.0 Å². The van der Waals surface area contributed by atoms with E-state index in [-0.39, 0.29) is 23.3 Å². The van der Waals surface area contributed by atoms with E-state index in [1.165, 1.54) is 11.8 Å². The lowest BCUT2D eigenvalue weighted by atomic mass is 10.1. The topological polar surface area (TPSA) is 87.3 Å². The van der Waals surface area contributed by atoms with Crippen LogP contribution in [0.1, 0.15) is 21.5 Å². The number of thioether (sulfide) groups is 1. The molecule has 0 aliphatic rings. The summed E-state index contributed by atoms with van der Waals surface area (Å²) in [6.45, 7) is 1.97. The molecule has 4 aromatic rings. The molecule has 0 atom stereocenters. The summed E-state index contributed by atoms with van der Waals surface area (Å²) in [5.74, 6) is -0.742. The van der Waals surface area contributed by atoms with Crippen molar-refractivity contribution in [1.82, 2.24) is 5.32 Å². The molecule has 190 valence electrons. The normalized spacial score (nSPS) is 10.9. The Morgan fingerprint density at radius 3 is 2.11 bits per heavy atom. The van der Waals surface area contributed by atoms with E-state index in [4.69, 9.17) is 0 Å². The van der Waals surface area contributed by atoms with Gasteiger partial charge in [0.05, 0.1) is 5.75 Å². The van der Waals surface area contributed by atoms with E-state index in [9.17, 15) is 14.4 Å². The van der Waals surface area contributed by atoms with E-state index < -0.39 is 5.91 Å². The van der Waals surface area contributed by atoms with Crippen LogP contribution in [0.4, 0.5) is 11.4 Å². The summed E-state index contributed by atoms with van der Waals surface area (Å²) in [4.78, 5) is 39.2. The Morgan fingerprint density at radius 1 is 0.737 bits per heavy atom. The first kappa shape index (κ1) is 26.4. The molecule has 4 rings (SSSR count). The molecule has 3 amide bonds. The minimum absolute atomic E-state index is 0.112. The number of rotatable bonds is 9. The predicted molar refractivity (Wildman–Crippen MR) is 154 cm³/mol. The Kier molecular flexibility index (Phi) is 9.10. The monoisotopic (exact) mass is 521 g/mol. The fourth-order valence-electron chi connectivity index (χ4n) is 3.59. The van der Waals surface area contributed by atoms with Crippen LogP contribution in [0.15, 0.2) is 120 Å². The molecule has 0 aromatic heterocycles. The quantitative estimate of drug-likeness (QED) is 0.183. The molecule has 0 saturated heterocycles. The lowest BCUT2D eigenvalue weighted by Crippen LogP contribution is -2.30. The Hall–Kier alpha value is -4.62. The third-order valence-electron chi connectivity index (χ3n) is 5.40. The van der Waals surface area contributed by atoms with Gasteiger partial charge in [0.15, 0.2) is 0 Å². The second-order valence-corrected chi connectivity index (χ2v) is 9.53. The highest BCUT2D eigenvalue weighted by atomic mass is 32.2. The van der Waals surface area contributed by atoms with Crippen LogP contribution in [0.5, 0.6) is 0 Å². The Morgan fingerprint density at radius 2 is 1.39 bits per heavy atom. The third-order valence-corrected chi connectivity index (χ3v) is 6.40. The molecule has 0 aliphatic carbocycles. The molecule has 0 saturated carbocycles. The van der Waals surface area contributed by atoms with Gasteiger partial charge in [0.2, 0.25) is 5.91 Å². The maximum absolute atomic E-state index is 13.2. The van der Waals surface area contributed by atoms with E-state index >= 15 is 0 Å².